The van der Waals surface area contributed by atoms with Crippen LogP contribution in [-0.4, -0.2) is 47.1 Å². The number of thiazole rings is 2. The van der Waals surface area contributed by atoms with Crippen molar-refractivity contribution in [1.82, 2.24) is 14.9 Å². The van der Waals surface area contributed by atoms with Gasteiger partial charge < -0.3 is 4.74 Å². The summed E-state index contributed by atoms with van der Waals surface area (Å²) in [5.74, 6) is -0.217. The van der Waals surface area contributed by atoms with E-state index in [1.807, 2.05) is 10.8 Å². The molecule has 28 heavy (non-hydrogen) atoms. The van der Waals surface area contributed by atoms with Crippen molar-refractivity contribution in [3.05, 3.63) is 50.8 Å². The molecule has 1 aliphatic rings. The smallest absolute Gasteiger partial charge is 0.276 e. The van der Waals surface area contributed by atoms with Crippen LogP contribution in [0.3, 0.4) is 0 Å². The van der Waals surface area contributed by atoms with Gasteiger partial charge in [0.1, 0.15) is 10.7 Å². The predicted molar refractivity (Wildman–Crippen MR) is 113 cm³/mol. The van der Waals surface area contributed by atoms with E-state index in [9.17, 15) is 4.79 Å². The highest BCUT2D eigenvalue weighted by molar-refractivity contribution is 7.14. The number of aryl methyl sites for hydroxylation is 2. The zero-order chi connectivity index (χ0) is 19.5. The lowest BCUT2D eigenvalue weighted by atomic mass is 10.1. The van der Waals surface area contributed by atoms with Gasteiger partial charge in [0.2, 0.25) is 0 Å². The van der Waals surface area contributed by atoms with Gasteiger partial charge in [0.25, 0.3) is 5.91 Å². The highest BCUT2D eigenvalue weighted by Gasteiger charge is 2.16. The maximum absolute atomic E-state index is 12.5. The molecule has 2 aromatic heterocycles. The van der Waals surface area contributed by atoms with Crippen LogP contribution >= 0.6 is 22.7 Å². The normalized spacial score (nSPS) is 14.9. The summed E-state index contributed by atoms with van der Waals surface area (Å²) in [4.78, 5) is 23.9. The van der Waals surface area contributed by atoms with Crippen molar-refractivity contribution in [1.29, 1.82) is 0 Å². The molecule has 0 aliphatic carbocycles. The Bertz CT molecular complexity index is 976. The highest BCUT2D eigenvalue weighted by atomic mass is 32.1. The Kier molecular flexibility index (Phi) is 5.82. The summed E-state index contributed by atoms with van der Waals surface area (Å²) in [6.45, 7) is 8.26. The second-order valence-electron chi connectivity index (χ2n) is 6.81. The third kappa shape index (κ3) is 4.47. The van der Waals surface area contributed by atoms with Crippen molar-refractivity contribution < 1.29 is 9.53 Å². The first-order valence-corrected chi connectivity index (χ1v) is 10.9. The Morgan fingerprint density at radius 1 is 1.14 bits per heavy atom. The lowest BCUT2D eigenvalue weighted by molar-refractivity contribution is 0.0341. The minimum absolute atomic E-state index is 0.217. The molecule has 0 radical (unpaired) electrons. The molecule has 1 aliphatic heterocycles. The van der Waals surface area contributed by atoms with Crippen molar-refractivity contribution in [2.75, 3.05) is 31.6 Å². The molecule has 1 aromatic carbocycles. The van der Waals surface area contributed by atoms with Crippen LogP contribution in [-0.2, 0) is 11.3 Å². The number of benzene rings is 1. The number of hydrogen-bond donors (Lipinski definition) is 1. The van der Waals surface area contributed by atoms with E-state index in [1.165, 1.54) is 33.8 Å². The summed E-state index contributed by atoms with van der Waals surface area (Å²) < 4.78 is 5.36. The van der Waals surface area contributed by atoms with Gasteiger partial charge in [0, 0.05) is 29.4 Å². The molecule has 3 aromatic rings. The number of carbonyl (C=O) groups is 1. The minimum atomic E-state index is -0.217. The van der Waals surface area contributed by atoms with Gasteiger partial charge in [-0.2, -0.15) is 0 Å². The van der Waals surface area contributed by atoms with Gasteiger partial charge >= 0.3 is 0 Å². The van der Waals surface area contributed by atoms with Crippen LogP contribution in [0, 0.1) is 13.8 Å². The zero-order valence-electron chi connectivity index (χ0n) is 15.9. The summed E-state index contributed by atoms with van der Waals surface area (Å²) in [5.41, 5.74) is 4.85. The largest absolute Gasteiger partial charge is 0.379 e. The van der Waals surface area contributed by atoms with Gasteiger partial charge in [0.05, 0.1) is 25.5 Å². The number of rotatable bonds is 5. The Labute approximate surface area is 172 Å². The molecule has 0 atom stereocenters. The van der Waals surface area contributed by atoms with E-state index in [4.69, 9.17) is 4.74 Å². The average molecular weight is 415 g/mol. The van der Waals surface area contributed by atoms with Gasteiger partial charge in [-0.25, -0.2) is 9.97 Å². The third-order valence-corrected chi connectivity index (χ3v) is 6.37. The fourth-order valence-corrected chi connectivity index (χ4v) is 4.49. The molecule has 1 amide bonds. The summed E-state index contributed by atoms with van der Waals surface area (Å²) in [5, 5.41) is 8.17. The first-order valence-electron chi connectivity index (χ1n) is 9.17. The number of amides is 1. The Balaban J connectivity index is 1.40. The van der Waals surface area contributed by atoms with Crippen molar-refractivity contribution in [3.63, 3.8) is 0 Å². The predicted octanol–water partition coefficient (Wildman–Crippen LogP) is 3.97. The monoisotopic (exact) mass is 414 g/mol. The van der Waals surface area contributed by atoms with Gasteiger partial charge in [-0.05, 0) is 31.0 Å². The topological polar surface area (TPSA) is 67.4 Å². The molecule has 0 spiro atoms. The number of aromatic nitrogens is 2. The quantitative estimate of drug-likeness (QED) is 0.684. The molecule has 1 saturated heterocycles. The molecular formula is C20H22N4O2S2. The van der Waals surface area contributed by atoms with Crippen LogP contribution in [0.4, 0.5) is 5.13 Å². The molecule has 0 saturated carbocycles. The van der Waals surface area contributed by atoms with Crippen LogP contribution in [0.1, 0.15) is 26.6 Å². The summed E-state index contributed by atoms with van der Waals surface area (Å²) in [7, 11) is 0. The maximum atomic E-state index is 12.5. The second-order valence-corrected chi connectivity index (χ2v) is 8.61. The number of morpholine rings is 1. The summed E-state index contributed by atoms with van der Waals surface area (Å²) in [6.07, 6.45) is 0. The van der Waals surface area contributed by atoms with E-state index in [0.29, 0.717) is 10.8 Å². The van der Waals surface area contributed by atoms with Crippen LogP contribution in [0.15, 0.2) is 29.0 Å². The lowest BCUT2D eigenvalue weighted by Gasteiger charge is -2.25. The van der Waals surface area contributed by atoms with Gasteiger partial charge in [0.15, 0.2) is 5.13 Å². The van der Waals surface area contributed by atoms with E-state index in [0.717, 1.165) is 49.1 Å². The van der Waals surface area contributed by atoms with Crippen LogP contribution in [0.5, 0.6) is 0 Å². The fraction of sp³-hybridized carbons (Fsp3) is 0.350. The van der Waals surface area contributed by atoms with E-state index in [2.05, 4.69) is 52.2 Å². The SMILES string of the molecule is Cc1ccc(-c2csc(NC(=O)c3csc(CN4CCOCC4)n3)n2)cc1C. The van der Waals surface area contributed by atoms with E-state index >= 15 is 0 Å². The first-order chi connectivity index (χ1) is 13.6. The van der Waals surface area contributed by atoms with Crippen LogP contribution < -0.4 is 5.32 Å². The molecule has 0 bridgehead atoms. The number of nitrogens with one attached hydrogen (secondary N) is 1. The first kappa shape index (κ1) is 19.2. The molecule has 1 fully saturated rings. The molecule has 4 rings (SSSR count). The Morgan fingerprint density at radius 3 is 2.75 bits per heavy atom. The fourth-order valence-electron chi connectivity index (χ4n) is 2.96. The number of hydrogen-bond acceptors (Lipinski definition) is 7. The van der Waals surface area contributed by atoms with Crippen LogP contribution in [0.25, 0.3) is 11.3 Å². The lowest BCUT2D eigenvalue weighted by Crippen LogP contribution is -2.35. The van der Waals surface area contributed by atoms with E-state index < -0.39 is 0 Å². The maximum Gasteiger partial charge on any atom is 0.276 e. The summed E-state index contributed by atoms with van der Waals surface area (Å²) in [6, 6.07) is 6.27. The van der Waals surface area contributed by atoms with Crippen molar-refractivity contribution >= 4 is 33.7 Å². The van der Waals surface area contributed by atoms with Gasteiger partial charge in [-0.15, -0.1) is 22.7 Å². The molecule has 0 unspecified atom stereocenters. The molecule has 6 nitrogen and oxygen atoms in total. The molecule has 8 heteroatoms. The average Bonchev–Trinajstić information content (AvgIpc) is 3.35. The Hall–Kier alpha value is -2.13. The van der Waals surface area contributed by atoms with Gasteiger partial charge in [-0.3, -0.25) is 15.0 Å². The highest BCUT2D eigenvalue weighted by Crippen LogP contribution is 2.27. The number of carbonyl (C=O) groups excluding carboxylic acids is 1. The van der Waals surface area contributed by atoms with E-state index in [1.54, 1.807) is 0 Å². The second kappa shape index (κ2) is 8.48. The molecule has 3 heterocycles. The van der Waals surface area contributed by atoms with E-state index in [-0.39, 0.29) is 5.91 Å². The third-order valence-electron chi connectivity index (χ3n) is 4.77. The number of anilines is 1. The Morgan fingerprint density at radius 2 is 1.96 bits per heavy atom. The molecular weight excluding hydrogens is 392 g/mol. The minimum Gasteiger partial charge on any atom is -0.379 e. The van der Waals surface area contributed by atoms with Crippen LogP contribution in [0.2, 0.25) is 0 Å². The molecule has 1 N–H and O–H groups in total. The summed E-state index contributed by atoms with van der Waals surface area (Å²) >= 11 is 2.94. The molecule has 146 valence electrons. The van der Waals surface area contributed by atoms with Gasteiger partial charge in [-0.1, -0.05) is 12.1 Å². The van der Waals surface area contributed by atoms with Crippen molar-refractivity contribution in [2.45, 2.75) is 20.4 Å². The number of nitrogens with zero attached hydrogens (tertiary/aromatic N) is 3. The standard InChI is InChI=1S/C20H22N4O2S2/c1-13-3-4-15(9-14(13)2)16-11-28-20(22-16)23-19(25)17-12-27-18(21-17)10-24-5-7-26-8-6-24/h3-4,9,11-12H,5-8,10H2,1-2H3,(H,22,23,25). The van der Waals surface area contributed by atoms with Crippen molar-refractivity contribution in [2.24, 2.45) is 0 Å². The zero-order valence-corrected chi connectivity index (χ0v) is 17.5. The van der Waals surface area contributed by atoms with Crippen molar-refractivity contribution in [3.8, 4) is 11.3 Å². The number of ether oxygens (including phenoxy) is 1.